The SMILES string of the molecule is CCc1cc(F)ccc1OS(C)(=O)=O. The Morgan fingerprint density at radius 2 is 2.07 bits per heavy atom. The van der Waals surface area contributed by atoms with Crippen LogP contribution in [0.25, 0.3) is 0 Å². The largest absolute Gasteiger partial charge is 0.382 e. The molecule has 0 fully saturated rings. The second kappa shape index (κ2) is 3.96. The molecule has 1 rings (SSSR count). The molecule has 0 saturated carbocycles. The average Bonchev–Trinajstić information content (AvgIpc) is 2.06. The van der Waals surface area contributed by atoms with E-state index < -0.39 is 15.9 Å². The summed E-state index contributed by atoms with van der Waals surface area (Å²) in [4.78, 5) is 0. The summed E-state index contributed by atoms with van der Waals surface area (Å²) in [5.74, 6) is -0.209. The maximum atomic E-state index is 12.8. The highest BCUT2D eigenvalue weighted by Crippen LogP contribution is 2.21. The Morgan fingerprint density at radius 3 is 2.57 bits per heavy atom. The first-order valence-electron chi connectivity index (χ1n) is 4.10. The van der Waals surface area contributed by atoms with Crippen molar-refractivity contribution in [2.24, 2.45) is 0 Å². The predicted molar refractivity (Wildman–Crippen MR) is 51.2 cm³/mol. The summed E-state index contributed by atoms with van der Waals surface area (Å²) in [5.41, 5.74) is 0.537. The van der Waals surface area contributed by atoms with Crippen LogP contribution in [0.4, 0.5) is 4.39 Å². The van der Waals surface area contributed by atoms with Crippen LogP contribution in [0, 0.1) is 5.82 Å². The van der Waals surface area contributed by atoms with Gasteiger partial charge < -0.3 is 4.18 Å². The van der Waals surface area contributed by atoms with Crippen molar-refractivity contribution in [1.82, 2.24) is 0 Å². The maximum Gasteiger partial charge on any atom is 0.306 e. The third kappa shape index (κ3) is 2.99. The van der Waals surface area contributed by atoms with Gasteiger partial charge in [-0.2, -0.15) is 8.42 Å². The highest BCUT2D eigenvalue weighted by atomic mass is 32.2. The minimum Gasteiger partial charge on any atom is -0.382 e. The first-order valence-corrected chi connectivity index (χ1v) is 5.92. The molecule has 0 amide bonds. The van der Waals surface area contributed by atoms with Crippen LogP contribution in [0.1, 0.15) is 12.5 Å². The Balaban J connectivity index is 3.09. The molecular weight excluding hydrogens is 207 g/mol. The monoisotopic (exact) mass is 218 g/mol. The summed E-state index contributed by atoms with van der Waals surface area (Å²) in [6.07, 6.45) is 1.47. The Labute approximate surface area is 82.6 Å². The third-order valence-corrected chi connectivity index (χ3v) is 2.13. The number of benzene rings is 1. The topological polar surface area (TPSA) is 43.4 Å². The van der Waals surface area contributed by atoms with Crippen LogP contribution >= 0.6 is 0 Å². The second-order valence-electron chi connectivity index (χ2n) is 2.89. The normalized spacial score (nSPS) is 11.4. The molecule has 0 aliphatic rings. The van der Waals surface area contributed by atoms with E-state index in [9.17, 15) is 12.8 Å². The zero-order valence-electron chi connectivity index (χ0n) is 7.95. The smallest absolute Gasteiger partial charge is 0.306 e. The lowest BCUT2D eigenvalue weighted by molar-refractivity contribution is 0.488. The fourth-order valence-corrected chi connectivity index (χ4v) is 1.56. The van der Waals surface area contributed by atoms with E-state index in [0.29, 0.717) is 12.0 Å². The van der Waals surface area contributed by atoms with Crippen LogP contribution in [0.5, 0.6) is 5.75 Å². The summed E-state index contributed by atoms with van der Waals surface area (Å²) >= 11 is 0. The van der Waals surface area contributed by atoms with Gasteiger partial charge in [-0.15, -0.1) is 0 Å². The van der Waals surface area contributed by atoms with Gasteiger partial charge >= 0.3 is 10.1 Å². The molecule has 0 aromatic heterocycles. The van der Waals surface area contributed by atoms with Gasteiger partial charge in [0.05, 0.1) is 6.26 Å². The van der Waals surface area contributed by atoms with Crippen LogP contribution in [0.2, 0.25) is 0 Å². The lowest BCUT2D eigenvalue weighted by Gasteiger charge is -2.07. The molecule has 78 valence electrons. The zero-order valence-corrected chi connectivity index (χ0v) is 8.77. The average molecular weight is 218 g/mol. The number of halogens is 1. The summed E-state index contributed by atoms with van der Waals surface area (Å²) in [5, 5.41) is 0. The van der Waals surface area contributed by atoms with Gasteiger partial charge in [-0.25, -0.2) is 4.39 Å². The Kier molecular flexibility index (Phi) is 3.10. The van der Waals surface area contributed by atoms with Crippen molar-refractivity contribution in [2.75, 3.05) is 6.26 Å². The fraction of sp³-hybridized carbons (Fsp3) is 0.333. The first kappa shape index (κ1) is 11.0. The van der Waals surface area contributed by atoms with Gasteiger partial charge in [0.2, 0.25) is 0 Å². The molecule has 0 unspecified atom stereocenters. The molecule has 1 aromatic carbocycles. The lowest BCUT2D eigenvalue weighted by Crippen LogP contribution is -2.07. The molecule has 0 spiro atoms. The van der Waals surface area contributed by atoms with Gasteiger partial charge in [0.1, 0.15) is 11.6 Å². The molecule has 0 heterocycles. The highest BCUT2D eigenvalue weighted by molar-refractivity contribution is 7.86. The van der Waals surface area contributed by atoms with E-state index in [0.717, 1.165) is 6.26 Å². The molecule has 0 aliphatic heterocycles. The Hall–Kier alpha value is -1.10. The van der Waals surface area contributed by atoms with Crippen LogP contribution in [0.15, 0.2) is 18.2 Å². The maximum absolute atomic E-state index is 12.8. The van der Waals surface area contributed by atoms with E-state index in [2.05, 4.69) is 4.18 Å². The van der Waals surface area contributed by atoms with E-state index in [1.807, 2.05) is 0 Å². The van der Waals surface area contributed by atoms with Gasteiger partial charge in [-0.1, -0.05) is 6.92 Å². The van der Waals surface area contributed by atoms with E-state index >= 15 is 0 Å². The quantitative estimate of drug-likeness (QED) is 0.725. The molecule has 0 N–H and O–H groups in total. The molecule has 0 bridgehead atoms. The van der Waals surface area contributed by atoms with Gasteiger partial charge in [0.25, 0.3) is 0 Å². The number of aryl methyl sites for hydroxylation is 1. The molecule has 0 aliphatic carbocycles. The molecule has 0 saturated heterocycles. The third-order valence-electron chi connectivity index (χ3n) is 1.64. The van der Waals surface area contributed by atoms with Crippen LogP contribution in [-0.2, 0) is 16.5 Å². The molecule has 1 aromatic rings. The fourth-order valence-electron chi connectivity index (χ4n) is 1.07. The number of hydrogen-bond acceptors (Lipinski definition) is 3. The summed E-state index contributed by atoms with van der Waals surface area (Å²) in [7, 11) is -3.55. The molecule has 5 heteroatoms. The predicted octanol–water partition coefficient (Wildman–Crippen LogP) is 1.73. The first-order chi connectivity index (χ1) is 6.42. The van der Waals surface area contributed by atoms with Crippen LogP contribution in [0.3, 0.4) is 0 Å². The van der Waals surface area contributed by atoms with E-state index in [1.165, 1.54) is 18.2 Å². The van der Waals surface area contributed by atoms with Gasteiger partial charge in [-0.05, 0) is 30.2 Å². The van der Waals surface area contributed by atoms with Crippen molar-refractivity contribution >= 4 is 10.1 Å². The van der Waals surface area contributed by atoms with Crippen molar-refractivity contribution in [3.05, 3.63) is 29.6 Å². The van der Waals surface area contributed by atoms with E-state index in [-0.39, 0.29) is 5.75 Å². The van der Waals surface area contributed by atoms with Crippen LogP contribution in [-0.4, -0.2) is 14.7 Å². The minimum atomic E-state index is -3.55. The zero-order chi connectivity index (χ0) is 10.8. The van der Waals surface area contributed by atoms with Crippen molar-refractivity contribution in [3.8, 4) is 5.75 Å². The molecule has 0 radical (unpaired) electrons. The molecule has 14 heavy (non-hydrogen) atoms. The van der Waals surface area contributed by atoms with E-state index in [1.54, 1.807) is 6.92 Å². The standard InChI is InChI=1S/C9H11FO3S/c1-3-7-6-8(10)4-5-9(7)13-14(2,11)12/h4-6H,3H2,1-2H3. The van der Waals surface area contributed by atoms with Gasteiger partial charge in [0, 0.05) is 0 Å². The molecular formula is C9H11FO3S. The van der Waals surface area contributed by atoms with Crippen LogP contribution < -0.4 is 4.18 Å². The highest BCUT2D eigenvalue weighted by Gasteiger charge is 2.09. The Bertz CT molecular complexity index is 426. The lowest BCUT2D eigenvalue weighted by atomic mass is 10.1. The van der Waals surface area contributed by atoms with E-state index in [4.69, 9.17) is 0 Å². The molecule has 3 nitrogen and oxygen atoms in total. The summed E-state index contributed by atoms with van der Waals surface area (Å²) in [6, 6.07) is 3.75. The number of rotatable bonds is 3. The summed E-state index contributed by atoms with van der Waals surface area (Å²) < 4.78 is 39.1. The van der Waals surface area contributed by atoms with Gasteiger partial charge in [-0.3, -0.25) is 0 Å². The molecule has 0 atom stereocenters. The summed E-state index contributed by atoms with van der Waals surface area (Å²) in [6.45, 7) is 1.80. The van der Waals surface area contributed by atoms with Gasteiger partial charge in [0.15, 0.2) is 0 Å². The van der Waals surface area contributed by atoms with Crippen molar-refractivity contribution < 1.29 is 17.0 Å². The minimum absolute atomic E-state index is 0.191. The van der Waals surface area contributed by atoms with Crippen molar-refractivity contribution in [3.63, 3.8) is 0 Å². The Morgan fingerprint density at radius 1 is 1.43 bits per heavy atom. The van der Waals surface area contributed by atoms with Crippen molar-refractivity contribution in [1.29, 1.82) is 0 Å². The number of hydrogen-bond donors (Lipinski definition) is 0. The van der Waals surface area contributed by atoms with Crippen molar-refractivity contribution in [2.45, 2.75) is 13.3 Å². The second-order valence-corrected chi connectivity index (χ2v) is 4.47.